The second kappa shape index (κ2) is 6.86. The molecule has 102 valence electrons. The Kier molecular flexibility index (Phi) is 5.76. The van der Waals surface area contributed by atoms with E-state index in [1.54, 1.807) is 6.07 Å². The number of hydrogen-bond acceptors (Lipinski definition) is 2. The highest BCUT2D eigenvalue weighted by Gasteiger charge is 2.16. The van der Waals surface area contributed by atoms with Crippen LogP contribution < -0.4 is 5.32 Å². The van der Waals surface area contributed by atoms with Gasteiger partial charge in [0.15, 0.2) is 0 Å². The first-order chi connectivity index (χ1) is 8.42. The molecule has 0 spiro atoms. The van der Waals surface area contributed by atoms with Crippen LogP contribution in [-0.4, -0.2) is 24.8 Å². The van der Waals surface area contributed by atoms with Crippen LogP contribution in [-0.2, 0) is 11.2 Å². The fourth-order valence-corrected chi connectivity index (χ4v) is 1.76. The van der Waals surface area contributed by atoms with E-state index in [2.05, 4.69) is 5.32 Å². The molecule has 1 aromatic carbocycles. The van der Waals surface area contributed by atoms with Gasteiger partial charge in [0.2, 0.25) is 0 Å². The standard InChI is InChI=1S/C15H24FNO/c1-5-17-13(11-18-15(2,3)4)10-12-8-6-7-9-14(12)16/h6-9,13,17H,5,10-11H2,1-4H3. The Bertz CT molecular complexity index is 360. The summed E-state index contributed by atoms with van der Waals surface area (Å²) in [4.78, 5) is 0. The summed E-state index contributed by atoms with van der Waals surface area (Å²) in [7, 11) is 0. The van der Waals surface area contributed by atoms with E-state index in [0.717, 1.165) is 12.1 Å². The highest BCUT2D eigenvalue weighted by atomic mass is 19.1. The van der Waals surface area contributed by atoms with Crippen molar-refractivity contribution >= 4 is 0 Å². The maximum Gasteiger partial charge on any atom is 0.126 e. The molecule has 1 unspecified atom stereocenters. The van der Waals surface area contributed by atoms with Gasteiger partial charge in [-0.05, 0) is 45.4 Å². The minimum Gasteiger partial charge on any atom is -0.374 e. The van der Waals surface area contributed by atoms with Crippen molar-refractivity contribution < 1.29 is 9.13 Å². The van der Waals surface area contributed by atoms with E-state index >= 15 is 0 Å². The Balaban J connectivity index is 2.60. The lowest BCUT2D eigenvalue weighted by Crippen LogP contribution is -2.38. The molecule has 1 N–H and O–H groups in total. The molecule has 0 fully saturated rings. The first-order valence-corrected chi connectivity index (χ1v) is 6.53. The highest BCUT2D eigenvalue weighted by molar-refractivity contribution is 5.18. The van der Waals surface area contributed by atoms with E-state index in [9.17, 15) is 4.39 Å². The van der Waals surface area contributed by atoms with Gasteiger partial charge in [-0.15, -0.1) is 0 Å². The Morgan fingerprint density at radius 3 is 2.50 bits per heavy atom. The van der Waals surface area contributed by atoms with Crippen LogP contribution in [0.3, 0.4) is 0 Å². The van der Waals surface area contributed by atoms with Gasteiger partial charge in [-0.3, -0.25) is 0 Å². The summed E-state index contributed by atoms with van der Waals surface area (Å²) in [6.45, 7) is 9.57. The van der Waals surface area contributed by atoms with Crippen molar-refractivity contribution in [1.29, 1.82) is 0 Å². The topological polar surface area (TPSA) is 21.3 Å². The fourth-order valence-electron chi connectivity index (χ4n) is 1.76. The largest absolute Gasteiger partial charge is 0.374 e. The van der Waals surface area contributed by atoms with Crippen molar-refractivity contribution in [2.24, 2.45) is 0 Å². The van der Waals surface area contributed by atoms with Gasteiger partial charge in [-0.2, -0.15) is 0 Å². The summed E-state index contributed by atoms with van der Waals surface area (Å²) >= 11 is 0. The summed E-state index contributed by atoms with van der Waals surface area (Å²) in [5, 5.41) is 3.34. The second-order valence-corrected chi connectivity index (χ2v) is 5.47. The molecule has 1 aromatic rings. The number of halogens is 1. The second-order valence-electron chi connectivity index (χ2n) is 5.47. The van der Waals surface area contributed by atoms with Crippen LogP contribution in [0, 0.1) is 5.82 Å². The van der Waals surface area contributed by atoms with E-state index < -0.39 is 0 Å². The molecule has 0 aliphatic carbocycles. The normalized spacial score (nSPS) is 13.6. The molecule has 1 atom stereocenters. The van der Waals surface area contributed by atoms with Gasteiger partial charge in [-0.1, -0.05) is 25.1 Å². The fraction of sp³-hybridized carbons (Fsp3) is 0.600. The lowest BCUT2D eigenvalue weighted by atomic mass is 10.1. The third-order valence-corrected chi connectivity index (χ3v) is 2.63. The molecule has 0 aromatic heterocycles. The number of rotatable bonds is 6. The number of ether oxygens (including phenoxy) is 1. The zero-order valence-electron chi connectivity index (χ0n) is 11.8. The quantitative estimate of drug-likeness (QED) is 0.841. The smallest absolute Gasteiger partial charge is 0.126 e. The van der Waals surface area contributed by atoms with E-state index in [-0.39, 0.29) is 17.5 Å². The van der Waals surface area contributed by atoms with Crippen LogP contribution in [0.2, 0.25) is 0 Å². The number of nitrogens with one attached hydrogen (secondary N) is 1. The first-order valence-electron chi connectivity index (χ1n) is 6.53. The van der Waals surface area contributed by atoms with E-state index in [0.29, 0.717) is 13.0 Å². The molecule has 0 heterocycles. The number of likely N-dealkylation sites (N-methyl/N-ethyl adjacent to an activating group) is 1. The van der Waals surface area contributed by atoms with Gasteiger partial charge >= 0.3 is 0 Å². The predicted molar refractivity (Wildman–Crippen MR) is 73.3 cm³/mol. The van der Waals surface area contributed by atoms with Crippen LogP contribution in [0.4, 0.5) is 4.39 Å². The van der Waals surface area contributed by atoms with Crippen molar-refractivity contribution in [3.63, 3.8) is 0 Å². The van der Waals surface area contributed by atoms with E-state index in [1.165, 1.54) is 6.07 Å². The Morgan fingerprint density at radius 2 is 1.94 bits per heavy atom. The van der Waals surface area contributed by atoms with E-state index in [4.69, 9.17) is 4.74 Å². The van der Waals surface area contributed by atoms with Crippen molar-refractivity contribution in [1.82, 2.24) is 5.32 Å². The van der Waals surface area contributed by atoms with Crippen LogP contribution in [0.25, 0.3) is 0 Å². The number of hydrogen-bond donors (Lipinski definition) is 1. The Hall–Kier alpha value is -0.930. The summed E-state index contributed by atoms with van der Waals surface area (Å²) in [5.74, 6) is -0.142. The van der Waals surface area contributed by atoms with Gasteiger partial charge in [0.25, 0.3) is 0 Å². The zero-order valence-corrected chi connectivity index (χ0v) is 11.8. The molecule has 0 bridgehead atoms. The minimum absolute atomic E-state index is 0.142. The summed E-state index contributed by atoms with van der Waals surface area (Å²) in [6, 6.07) is 7.06. The summed E-state index contributed by atoms with van der Waals surface area (Å²) < 4.78 is 19.4. The molecule has 0 aliphatic heterocycles. The van der Waals surface area contributed by atoms with Gasteiger partial charge in [0.1, 0.15) is 5.82 Å². The van der Waals surface area contributed by atoms with Gasteiger partial charge < -0.3 is 10.1 Å². The molecule has 0 saturated heterocycles. The molecular formula is C15H24FNO. The third-order valence-electron chi connectivity index (χ3n) is 2.63. The summed E-state index contributed by atoms with van der Waals surface area (Å²) in [5.41, 5.74) is 0.573. The lowest BCUT2D eigenvalue weighted by molar-refractivity contribution is -0.0142. The molecule has 3 heteroatoms. The predicted octanol–water partition coefficient (Wildman–Crippen LogP) is 3.16. The van der Waals surface area contributed by atoms with Crippen LogP contribution >= 0.6 is 0 Å². The zero-order chi connectivity index (χ0) is 13.6. The van der Waals surface area contributed by atoms with E-state index in [1.807, 2.05) is 39.8 Å². The Morgan fingerprint density at radius 1 is 1.28 bits per heavy atom. The first kappa shape index (κ1) is 15.1. The van der Waals surface area contributed by atoms with Crippen LogP contribution in [0.15, 0.2) is 24.3 Å². The van der Waals surface area contributed by atoms with Crippen molar-refractivity contribution in [3.05, 3.63) is 35.6 Å². The van der Waals surface area contributed by atoms with Crippen molar-refractivity contribution in [2.75, 3.05) is 13.2 Å². The van der Waals surface area contributed by atoms with Crippen LogP contribution in [0.1, 0.15) is 33.3 Å². The van der Waals surface area contributed by atoms with Crippen molar-refractivity contribution in [3.8, 4) is 0 Å². The average molecular weight is 253 g/mol. The summed E-state index contributed by atoms with van der Waals surface area (Å²) in [6.07, 6.45) is 0.649. The third kappa shape index (κ3) is 5.61. The highest BCUT2D eigenvalue weighted by Crippen LogP contribution is 2.12. The van der Waals surface area contributed by atoms with Gasteiger partial charge in [0.05, 0.1) is 12.2 Å². The SMILES string of the molecule is CCNC(COC(C)(C)C)Cc1ccccc1F. The average Bonchev–Trinajstić information content (AvgIpc) is 2.28. The molecule has 0 saturated carbocycles. The lowest BCUT2D eigenvalue weighted by Gasteiger charge is -2.25. The van der Waals surface area contributed by atoms with Crippen molar-refractivity contribution in [2.45, 2.75) is 45.8 Å². The molecule has 1 rings (SSSR count). The molecule has 18 heavy (non-hydrogen) atoms. The number of benzene rings is 1. The van der Waals surface area contributed by atoms with Gasteiger partial charge in [0, 0.05) is 6.04 Å². The monoisotopic (exact) mass is 253 g/mol. The molecule has 2 nitrogen and oxygen atoms in total. The molecule has 0 amide bonds. The Labute approximate surface area is 110 Å². The van der Waals surface area contributed by atoms with Gasteiger partial charge in [-0.25, -0.2) is 4.39 Å². The maximum absolute atomic E-state index is 13.6. The molecule has 0 aliphatic rings. The minimum atomic E-state index is -0.164. The molecule has 0 radical (unpaired) electrons. The maximum atomic E-state index is 13.6. The van der Waals surface area contributed by atoms with Crippen LogP contribution in [0.5, 0.6) is 0 Å². The molecular weight excluding hydrogens is 229 g/mol.